The minimum absolute atomic E-state index is 0.0707. The van der Waals surface area contributed by atoms with Gasteiger partial charge in [0.15, 0.2) is 4.96 Å². The monoisotopic (exact) mass is 423 g/mol. The minimum Gasteiger partial charge on any atom is -0.349 e. The number of nitrogens with zero attached hydrogens (tertiary/aromatic N) is 2. The van der Waals surface area contributed by atoms with Gasteiger partial charge in [0.25, 0.3) is 5.91 Å². The molecule has 0 bridgehead atoms. The number of carbonyl (C=O) groups excluding carboxylic acids is 1. The lowest BCUT2D eigenvalue weighted by Gasteiger charge is -2.19. The number of amides is 1. The highest BCUT2D eigenvalue weighted by Gasteiger charge is 2.20. The molecule has 2 heterocycles. The highest BCUT2D eigenvalue weighted by molar-refractivity contribution is 7.19. The molecule has 0 unspecified atom stereocenters. The van der Waals surface area contributed by atoms with Crippen LogP contribution in [0.4, 0.5) is 0 Å². The Bertz CT molecular complexity index is 948. The van der Waals surface area contributed by atoms with Crippen molar-refractivity contribution in [2.45, 2.75) is 83.6 Å². The van der Waals surface area contributed by atoms with Crippen molar-refractivity contribution in [3.63, 3.8) is 0 Å². The molecule has 0 atom stereocenters. The Morgan fingerprint density at radius 3 is 2.17 bits per heavy atom. The van der Waals surface area contributed by atoms with Gasteiger partial charge in [-0.05, 0) is 19.8 Å². The van der Waals surface area contributed by atoms with Crippen LogP contribution in [0.1, 0.15) is 86.0 Å². The molecule has 1 aromatic carbocycles. The third kappa shape index (κ3) is 5.12. The maximum absolute atomic E-state index is 13.1. The number of nitrogens with one attached hydrogen (secondary N) is 1. The number of thiazole rings is 1. The van der Waals surface area contributed by atoms with E-state index in [0.717, 1.165) is 39.6 Å². The van der Waals surface area contributed by atoms with Crippen LogP contribution in [-0.2, 0) is 0 Å². The molecule has 5 heteroatoms. The van der Waals surface area contributed by atoms with Gasteiger partial charge in [-0.3, -0.25) is 9.20 Å². The Morgan fingerprint density at radius 2 is 1.57 bits per heavy atom. The first-order chi connectivity index (χ1) is 14.7. The van der Waals surface area contributed by atoms with Gasteiger partial charge in [-0.2, -0.15) is 0 Å². The molecular weight excluding hydrogens is 390 g/mol. The fourth-order valence-electron chi connectivity index (χ4n) is 4.47. The van der Waals surface area contributed by atoms with Crippen LogP contribution in [0.25, 0.3) is 16.2 Å². The van der Waals surface area contributed by atoms with Crippen molar-refractivity contribution in [1.29, 1.82) is 0 Å². The second kappa shape index (κ2) is 10.3. The van der Waals surface area contributed by atoms with E-state index in [-0.39, 0.29) is 5.91 Å². The van der Waals surface area contributed by atoms with Crippen LogP contribution in [0.5, 0.6) is 0 Å². The van der Waals surface area contributed by atoms with Gasteiger partial charge in [0, 0.05) is 23.5 Å². The molecule has 4 rings (SSSR count). The predicted octanol–water partition coefficient (Wildman–Crippen LogP) is 6.77. The molecule has 1 aliphatic carbocycles. The number of benzene rings is 1. The zero-order valence-corrected chi connectivity index (χ0v) is 18.8. The first-order valence-electron chi connectivity index (χ1n) is 11.6. The van der Waals surface area contributed by atoms with Crippen LogP contribution in [0.2, 0.25) is 0 Å². The first-order valence-corrected chi connectivity index (χ1v) is 12.4. The van der Waals surface area contributed by atoms with E-state index in [0.29, 0.717) is 6.04 Å². The molecule has 0 aliphatic heterocycles. The number of carbonyl (C=O) groups is 1. The molecule has 1 saturated carbocycles. The van der Waals surface area contributed by atoms with Gasteiger partial charge in [-0.15, -0.1) is 0 Å². The van der Waals surface area contributed by atoms with Crippen LogP contribution < -0.4 is 5.32 Å². The van der Waals surface area contributed by atoms with Gasteiger partial charge in [-0.1, -0.05) is 99.5 Å². The largest absolute Gasteiger partial charge is 0.349 e. The first kappa shape index (κ1) is 21.1. The van der Waals surface area contributed by atoms with E-state index < -0.39 is 0 Å². The number of aryl methyl sites for hydroxylation is 1. The van der Waals surface area contributed by atoms with E-state index in [9.17, 15) is 4.79 Å². The van der Waals surface area contributed by atoms with E-state index in [2.05, 4.69) is 21.9 Å². The summed E-state index contributed by atoms with van der Waals surface area (Å²) in [6.45, 7) is 2.02. The summed E-state index contributed by atoms with van der Waals surface area (Å²) < 4.78 is 2.06. The van der Waals surface area contributed by atoms with Crippen molar-refractivity contribution in [2.24, 2.45) is 0 Å². The molecule has 0 radical (unpaired) electrons. The summed E-state index contributed by atoms with van der Waals surface area (Å²) >= 11 is 1.50. The minimum atomic E-state index is 0.0707. The zero-order chi connectivity index (χ0) is 20.8. The Kier molecular flexibility index (Phi) is 7.21. The van der Waals surface area contributed by atoms with Crippen LogP contribution >= 0.6 is 11.3 Å². The Morgan fingerprint density at radius 1 is 0.967 bits per heavy atom. The quantitative estimate of drug-likeness (QED) is 0.505. The maximum atomic E-state index is 13.1. The molecule has 160 valence electrons. The summed E-state index contributed by atoms with van der Waals surface area (Å²) in [5.74, 6) is 0.0707. The number of hydrogen-bond acceptors (Lipinski definition) is 3. The topological polar surface area (TPSA) is 46.4 Å². The standard InChI is InChI=1S/C25H33N3OS/c1-19-23(30-25-27-22(18-28(19)25)20-14-10-9-11-15-20)24(29)26-21-16-12-7-5-3-2-4-6-8-13-17-21/h9-11,14-15,18,21H,2-8,12-13,16-17H2,1H3,(H,26,29). The fraction of sp³-hybridized carbons (Fsp3) is 0.520. The SMILES string of the molecule is Cc1c(C(=O)NC2CCCCCCCCCCC2)sc2nc(-c3ccccc3)cn12. The lowest BCUT2D eigenvalue weighted by Crippen LogP contribution is -2.34. The molecule has 0 saturated heterocycles. The van der Waals surface area contributed by atoms with Crippen molar-refractivity contribution < 1.29 is 4.79 Å². The summed E-state index contributed by atoms with van der Waals surface area (Å²) in [4.78, 5) is 19.5. The van der Waals surface area contributed by atoms with Crippen LogP contribution in [0.15, 0.2) is 36.5 Å². The highest BCUT2D eigenvalue weighted by Crippen LogP contribution is 2.27. The summed E-state index contributed by atoms with van der Waals surface area (Å²) in [5.41, 5.74) is 3.04. The van der Waals surface area contributed by atoms with Crippen molar-refractivity contribution in [3.8, 4) is 11.3 Å². The lowest BCUT2D eigenvalue weighted by molar-refractivity contribution is 0.0934. The normalized spacial score (nSPS) is 17.4. The van der Waals surface area contributed by atoms with Crippen LogP contribution in [-0.4, -0.2) is 21.3 Å². The number of rotatable bonds is 3. The number of imidazole rings is 1. The van der Waals surface area contributed by atoms with Gasteiger partial charge in [0.05, 0.1) is 5.69 Å². The van der Waals surface area contributed by atoms with E-state index in [1.807, 2.05) is 31.3 Å². The van der Waals surface area contributed by atoms with Gasteiger partial charge < -0.3 is 5.32 Å². The summed E-state index contributed by atoms with van der Waals surface area (Å²) in [6.07, 6.45) is 16.1. The average molecular weight is 424 g/mol. The van der Waals surface area contributed by atoms with Crippen LogP contribution in [0, 0.1) is 6.92 Å². The van der Waals surface area contributed by atoms with E-state index in [4.69, 9.17) is 4.98 Å². The molecule has 1 aliphatic rings. The van der Waals surface area contributed by atoms with Crippen molar-refractivity contribution in [2.75, 3.05) is 0 Å². The van der Waals surface area contributed by atoms with Gasteiger partial charge >= 0.3 is 0 Å². The third-order valence-corrected chi connectivity index (χ3v) is 7.43. The number of hydrogen-bond donors (Lipinski definition) is 1. The smallest absolute Gasteiger partial charge is 0.263 e. The predicted molar refractivity (Wildman–Crippen MR) is 125 cm³/mol. The van der Waals surface area contributed by atoms with E-state index in [1.165, 1.54) is 69.1 Å². The molecule has 3 aromatic rings. The number of fused-ring (bicyclic) bond motifs is 1. The second-order valence-corrected chi connectivity index (χ2v) is 9.57. The molecule has 4 nitrogen and oxygen atoms in total. The summed E-state index contributed by atoms with van der Waals surface area (Å²) in [6, 6.07) is 10.5. The van der Waals surface area contributed by atoms with Crippen molar-refractivity contribution in [3.05, 3.63) is 47.1 Å². The molecule has 1 N–H and O–H groups in total. The molecule has 2 aromatic heterocycles. The summed E-state index contributed by atoms with van der Waals surface area (Å²) in [5, 5.41) is 3.36. The molecule has 30 heavy (non-hydrogen) atoms. The van der Waals surface area contributed by atoms with Crippen LogP contribution in [0.3, 0.4) is 0 Å². The van der Waals surface area contributed by atoms with Crippen molar-refractivity contribution >= 4 is 22.2 Å². The van der Waals surface area contributed by atoms with Gasteiger partial charge in [0.2, 0.25) is 0 Å². The maximum Gasteiger partial charge on any atom is 0.263 e. The zero-order valence-electron chi connectivity index (χ0n) is 18.0. The molecule has 0 spiro atoms. The van der Waals surface area contributed by atoms with E-state index >= 15 is 0 Å². The average Bonchev–Trinajstić information content (AvgIpc) is 3.30. The number of aromatic nitrogens is 2. The molecule has 1 fully saturated rings. The second-order valence-electron chi connectivity index (χ2n) is 8.59. The molecule has 1 amide bonds. The Labute approximate surface area is 183 Å². The third-order valence-electron chi connectivity index (χ3n) is 6.27. The molecular formula is C25H33N3OS. The highest BCUT2D eigenvalue weighted by atomic mass is 32.1. The van der Waals surface area contributed by atoms with Crippen molar-refractivity contribution in [1.82, 2.24) is 14.7 Å². The van der Waals surface area contributed by atoms with E-state index in [1.54, 1.807) is 0 Å². The summed E-state index contributed by atoms with van der Waals surface area (Å²) in [7, 11) is 0. The Hall–Kier alpha value is -2.14. The van der Waals surface area contributed by atoms with Gasteiger partial charge in [0.1, 0.15) is 4.88 Å². The lowest BCUT2D eigenvalue weighted by atomic mass is 9.98. The van der Waals surface area contributed by atoms with Gasteiger partial charge in [-0.25, -0.2) is 4.98 Å². The Balaban J connectivity index is 1.45. The fourth-order valence-corrected chi connectivity index (χ4v) is 5.48.